The molecule has 0 radical (unpaired) electrons. The van der Waals surface area contributed by atoms with Crippen molar-refractivity contribution in [3.8, 4) is 0 Å². The van der Waals surface area contributed by atoms with Crippen LogP contribution in [0, 0.1) is 0 Å². The van der Waals surface area contributed by atoms with Crippen LogP contribution in [-0.2, 0) is 0 Å². The Bertz CT molecular complexity index is 1090. The fourth-order valence-corrected chi connectivity index (χ4v) is 2.72. The first-order chi connectivity index (χ1) is 13.2. The molecule has 2 N–H and O–H groups in total. The van der Waals surface area contributed by atoms with Gasteiger partial charge in [0.05, 0.1) is 11.2 Å². The van der Waals surface area contributed by atoms with Crippen molar-refractivity contribution in [1.82, 2.24) is 15.2 Å². The summed E-state index contributed by atoms with van der Waals surface area (Å²) in [6, 6.07) is 19.9. The molecule has 4 rings (SSSR count). The predicted octanol–water partition coefficient (Wildman–Crippen LogP) is 4.67. The first-order valence-electron chi connectivity index (χ1n) is 8.20. The molecule has 2 aromatic carbocycles. The molecule has 0 fully saturated rings. The van der Waals surface area contributed by atoms with Gasteiger partial charge >= 0.3 is 0 Å². The van der Waals surface area contributed by atoms with E-state index in [1.165, 1.54) is 0 Å². The molecule has 27 heavy (non-hydrogen) atoms. The van der Waals surface area contributed by atoms with Crippen molar-refractivity contribution in [3.63, 3.8) is 0 Å². The number of hydrogen-bond acceptors (Lipinski definition) is 5. The second-order valence-corrected chi connectivity index (χ2v) is 6.21. The lowest BCUT2D eigenvalue weighted by molar-refractivity contribution is 0.102. The van der Waals surface area contributed by atoms with E-state index in [1.807, 2.05) is 30.3 Å². The molecule has 0 bridgehead atoms. The van der Waals surface area contributed by atoms with E-state index in [4.69, 9.17) is 11.6 Å². The smallest absolute Gasteiger partial charge is 0.276 e. The van der Waals surface area contributed by atoms with Gasteiger partial charge in [0.25, 0.3) is 5.91 Å². The number of carbonyl (C=O) groups excluding carboxylic acids is 1. The van der Waals surface area contributed by atoms with Gasteiger partial charge in [-0.05, 0) is 48.5 Å². The van der Waals surface area contributed by atoms with Gasteiger partial charge in [-0.15, -0.1) is 10.2 Å². The van der Waals surface area contributed by atoms with Gasteiger partial charge in [0, 0.05) is 22.3 Å². The molecule has 0 aliphatic heterocycles. The Hall–Kier alpha value is -3.51. The maximum absolute atomic E-state index is 12.3. The number of fused-ring (bicyclic) bond motifs is 1. The van der Waals surface area contributed by atoms with E-state index in [0.29, 0.717) is 16.5 Å². The number of anilines is 3. The molecule has 4 aromatic rings. The van der Waals surface area contributed by atoms with Gasteiger partial charge in [-0.2, -0.15) is 0 Å². The summed E-state index contributed by atoms with van der Waals surface area (Å²) < 4.78 is 0. The number of carbonyl (C=O) groups is 1. The first kappa shape index (κ1) is 16.9. The van der Waals surface area contributed by atoms with Crippen molar-refractivity contribution < 1.29 is 4.79 Å². The van der Waals surface area contributed by atoms with Crippen LogP contribution in [0.1, 0.15) is 10.5 Å². The summed E-state index contributed by atoms with van der Waals surface area (Å²) in [6.07, 6.45) is 1.74. The lowest BCUT2D eigenvalue weighted by atomic mass is 10.2. The highest BCUT2D eigenvalue weighted by Crippen LogP contribution is 2.23. The van der Waals surface area contributed by atoms with Crippen LogP contribution in [0.4, 0.5) is 17.2 Å². The molecule has 0 aliphatic carbocycles. The Morgan fingerprint density at radius 1 is 0.889 bits per heavy atom. The molecule has 1 amide bonds. The summed E-state index contributed by atoms with van der Waals surface area (Å²) in [7, 11) is 0. The number of halogens is 1. The average Bonchev–Trinajstić information content (AvgIpc) is 2.70. The summed E-state index contributed by atoms with van der Waals surface area (Å²) in [4.78, 5) is 16.7. The van der Waals surface area contributed by atoms with Crippen molar-refractivity contribution in [2.75, 3.05) is 10.6 Å². The minimum Gasteiger partial charge on any atom is -0.337 e. The van der Waals surface area contributed by atoms with E-state index < -0.39 is 0 Å². The van der Waals surface area contributed by atoms with Crippen molar-refractivity contribution in [3.05, 3.63) is 83.6 Å². The third-order valence-electron chi connectivity index (χ3n) is 3.89. The highest BCUT2D eigenvalue weighted by Gasteiger charge is 2.09. The number of nitrogens with one attached hydrogen (secondary N) is 2. The van der Waals surface area contributed by atoms with Crippen LogP contribution in [-0.4, -0.2) is 21.1 Å². The molecule has 0 unspecified atom stereocenters. The van der Waals surface area contributed by atoms with E-state index in [0.717, 1.165) is 16.6 Å². The number of rotatable bonds is 4. The quantitative estimate of drug-likeness (QED) is 0.541. The fraction of sp³-hybridized carbons (Fsp3) is 0. The third kappa shape index (κ3) is 3.86. The number of amides is 1. The second kappa shape index (κ2) is 7.39. The van der Waals surface area contributed by atoms with E-state index in [-0.39, 0.29) is 11.6 Å². The van der Waals surface area contributed by atoms with Crippen LogP contribution < -0.4 is 10.6 Å². The minimum atomic E-state index is -0.344. The van der Waals surface area contributed by atoms with Crippen LogP contribution in [0.2, 0.25) is 5.02 Å². The SMILES string of the molecule is O=C(Nc1ccc(Cl)cc1)c1ccc(Nc2cccc3cccnc23)nn1. The largest absolute Gasteiger partial charge is 0.337 e. The number of pyridine rings is 1. The molecule has 0 saturated heterocycles. The Morgan fingerprint density at radius 3 is 2.48 bits per heavy atom. The van der Waals surface area contributed by atoms with Gasteiger partial charge in [-0.25, -0.2) is 0 Å². The Kier molecular flexibility index (Phi) is 4.63. The number of aromatic nitrogens is 3. The normalized spacial score (nSPS) is 10.6. The topological polar surface area (TPSA) is 79.8 Å². The maximum atomic E-state index is 12.3. The standard InChI is InChI=1S/C20H14ClN5O/c21-14-6-8-15(9-7-14)23-20(27)17-10-11-18(26-25-17)24-16-5-1-3-13-4-2-12-22-19(13)16/h1-12H,(H,23,27)(H,24,26). The number of nitrogens with zero attached hydrogens (tertiary/aromatic N) is 3. The van der Waals surface area contributed by atoms with Gasteiger partial charge in [-0.1, -0.05) is 29.8 Å². The summed E-state index contributed by atoms with van der Waals surface area (Å²) in [5.74, 6) is 0.180. The van der Waals surface area contributed by atoms with E-state index in [1.54, 1.807) is 42.6 Å². The molecule has 0 aliphatic rings. The molecule has 132 valence electrons. The van der Waals surface area contributed by atoms with Crippen LogP contribution in [0.25, 0.3) is 10.9 Å². The predicted molar refractivity (Wildman–Crippen MR) is 106 cm³/mol. The molecule has 0 saturated carbocycles. The highest BCUT2D eigenvalue weighted by molar-refractivity contribution is 6.30. The molecule has 0 spiro atoms. The Balaban J connectivity index is 1.50. The van der Waals surface area contributed by atoms with E-state index in [9.17, 15) is 4.79 Å². The maximum Gasteiger partial charge on any atom is 0.276 e. The fourth-order valence-electron chi connectivity index (χ4n) is 2.59. The van der Waals surface area contributed by atoms with Crippen molar-refractivity contribution in [1.29, 1.82) is 0 Å². The van der Waals surface area contributed by atoms with Gasteiger partial charge in [0.1, 0.15) is 0 Å². The monoisotopic (exact) mass is 375 g/mol. The van der Waals surface area contributed by atoms with Crippen LogP contribution >= 0.6 is 11.6 Å². The summed E-state index contributed by atoms with van der Waals surface area (Å²) >= 11 is 5.84. The van der Waals surface area contributed by atoms with Crippen molar-refractivity contribution in [2.45, 2.75) is 0 Å². The molecule has 7 heteroatoms. The molecule has 2 aromatic heterocycles. The lowest BCUT2D eigenvalue weighted by Crippen LogP contribution is -2.14. The molecule has 2 heterocycles. The molecule has 6 nitrogen and oxygen atoms in total. The lowest BCUT2D eigenvalue weighted by Gasteiger charge is -2.08. The second-order valence-electron chi connectivity index (χ2n) is 5.77. The van der Waals surface area contributed by atoms with Gasteiger partial charge < -0.3 is 10.6 Å². The van der Waals surface area contributed by atoms with Crippen LogP contribution in [0.15, 0.2) is 72.9 Å². The first-order valence-corrected chi connectivity index (χ1v) is 8.58. The summed E-state index contributed by atoms with van der Waals surface area (Å²) in [5, 5.41) is 15.6. The molecule has 0 atom stereocenters. The van der Waals surface area contributed by atoms with Gasteiger partial charge in [0.15, 0.2) is 11.5 Å². The molecular weight excluding hydrogens is 362 g/mol. The number of hydrogen-bond donors (Lipinski definition) is 2. The Labute approximate surface area is 160 Å². The zero-order chi connectivity index (χ0) is 18.6. The van der Waals surface area contributed by atoms with E-state index in [2.05, 4.69) is 25.8 Å². The molecular formula is C20H14ClN5O. The number of benzene rings is 2. The van der Waals surface area contributed by atoms with Crippen LogP contribution in [0.5, 0.6) is 0 Å². The third-order valence-corrected chi connectivity index (χ3v) is 4.15. The summed E-state index contributed by atoms with van der Waals surface area (Å²) in [6.45, 7) is 0. The zero-order valence-electron chi connectivity index (χ0n) is 14.1. The highest BCUT2D eigenvalue weighted by atomic mass is 35.5. The average molecular weight is 376 g/mol. The van der Waals surface area contributed by atoms with Crippen molar-refractivity contribution >= 4 is 45.6 Å². The zero-order valence-corrected chi connectivity index (χ0v) is 14.8. The van der Waals surface area contributed by atoms with Crippen molar-refractivity contribution in [2.24, 2.45) is 0 Å². The Morgan fingerprint density at radius 2 is 1.70 bits per heavy atom. The minimum absolute atomic E-state index is 0.214. The van der Waals surface area contributed by atoms with Gasteiger partial charge in [0.2, 0.25) is 0 Å². The van der Waals surface area contributed by atoms with Gasteiger partial charge in [-0.3, -0.25) is 9.78 Å². The summed E-state index contributed by atoms with van der Waals surface area (Å²) in [5.41, 5.74) is 2.51. The van der Waals surface area contributed by atoms with Crippen LogP contribution in [0.3, 0.4) is 0 Å². The van der Waals surface area contributed by atoms with E-state index >= 15 is 0 Å². The number of para-hydroxylation sites is 1.